The first-order valence-corrected chi connectivity index (χ1v) is 3.77. The molecule has 1 saturated heterocycles. The number of rotatable bonds is 0. The topological polar surface area (TPSA) is 35.5 Å². The van der Waals surface area contributed by atoms with Gasteiger partial charge in [0, 0.05) is 5.41 Å². The van der Waals surface area contributed by atoms with E-state index in [4.69, 9.17) is 9.47 Å². The van der Waals surface area contributed by atoms with Crippen molar-refractivity contribution in [2.24, 2.45) is 5.41 Å². The zero-order valence-corrected chi connectivity index (χ0v) is 7.38. The van der Waals surface area contributed by atoms with E-state index in [2.05, 4.69) is 0 Å². The molecule has 3 heteroatoms. The van der Waals surface area contributed by atoms with Crippen molar-refractivity contribution in [1.29, 1.82) is 0 Å². The second-order valence-electron chi connectivity index (χ2n) is 3.91. The highest BCUT2D eigenvalue weighted by molar-refractivity contribution is 5.75. The molecule has 1 aliphatic rings. The van der Waals surface area contributed by atoms with Gasteiger partial charge < -0.3 is 9.47 Å². The Morgan fingerprint density at radius 2 is 1.91 bits per heavy atom. The SMILES string of the molecule is C[C@@H]1O[C@@H](C(C)(C)C)OC1=O. The molecule has 0 radical (unpaired) electrons. The zero-order chi connectivity index (χ0) is 8.65. The van der Waals surface area contributed by atoms with Crippen LogP contribution in [0.1, 0.15) is 27.7 Å². The lowest BCUT2D eigenvalue weighted by Crippen LogP contribution is -2.27. The molecule has 0 aliphatic carbocycles. The summed E-state index contributed by atoms with van der Waals surface area (Å²) >= 11 is 0. The van der Waals surface area contributed by atoms with Crippen molar-refractivity contribution in [3.8, 4) is 0 Å². The maximum atomic E-state index is 10.9. The number of hydrogen-bond donors (Lipinski definition) is 0. The number of carbonyl (C=O) groups excluding carboxylic acids is 1. The Labute approximate surface area is 66.7 Å². The lowest BCUT2D eigenvalue weighted by atomic mass is 9.96. The van der Waals surface area contributed by atoms with Gasteiger partial charge in [0.2, 0.25) is 6.29 Å². The minimum absolute atomic E-state index is 0.125. The summed E-state index contributed by atoms with van der Waals surface area (Å²) in [7, 11) is 0. The molecular formula is C8H14O3. The van der Waals surface area contributed by atoms with Crippen LogP contribution in [-0.2, 0) is 14.3 Å². The second-order valence-corrected chi connectivity index (χ2v) is 3.91. The number of ether oxygens (including phenoxy) is 2. The van der Waals surface area contributed by atoms with E-state index < -0.39 is 6.10 Å². The largest absolute Gasteiger partial charge is 0.433 e. The van der Waals surface area contributed by atoms with Gasteiger partial charge in [0.25, 0.3) is 0 Å². The molecule has 1 heterocycles. The Bertz CT molecular complexity index is 169. The van der Waals surface area contributed by atoms with Crippen LogP contribution >= 0.6 is 0 Å². The van der Waals surface area contributed by atoms with Gasteiger partial charge in [0.1, 0.15) is 0 Å². The van der Waals surface area contributed by atoms with Crippen molar-refractivity contribution >= 4 is 5.97 Å². The van der Waals surface area contributed by atoms with E-state index in [9.17, 15) is 4.79 Å². The molecule has 0 spiro atoms. The van der Waals surface area contributed by atoms with Crippen LogP contribution in [0.25, 0.3) is 0 Å². The molecule has 0 aromatic heterocycles. The van der Waals surface area contributed by atoms with Gasteiger partial charge in [0.05, 0.1) is 0 Å². The zero-order valence-electron chi connectivity index (χ0n) is 7.38. The summed E-state index contributed by atoms with van der Waals surface area (Å²) in [6.45, 7) is 7.63. The first-order chi connectivity index (χ1) is 4.91. The molecule has 11 heavy (non-hydrogen) atoms. The molecule has 1 rings (SSSR count). The van der Waals surface area contributed by atoms with Crippen LogP contribution in [0, 0.1) is 5.41 Å². The van der Waals surface area contributed by atoms with Crippen molar-refractivity contribution in [2.75, 3.05) is 0 Å². The van der Waals surface area contributed by atoms with Gasteiger partial charge in [-0.1, -0.05) is 20.8 Å². The van der Waals surface area contributed by atoms with Crippen LogP contribution in [-0.4, -0.2) is 18.4 Å². The third-order valence-corrected chi connectivity index (χ3v) is 1.59. The molecular weight excluding hydrogens is 144 g/mol. The van der Waals surface area contributed by atoms with Crippen molar-refractivity contribution in [3.63, 3.8) is 0 Å². The third kappa shape index (κ3) is 1.71. The van der Waals surface area contributed by atoms with Crippen LogP contribution in [0.5, 0.6) is 0 Å². The summed E-state index contributed by atoms with van der Waals surface area (Å²) in [6.07, 6.45) is -0.788. The molecule has 3 nitrogen and oxygen atoms in total. The Hall–Kier alpha value is -0.570. The van der Waals surface area contributed by atoms with Crippen LogP contribution in [0.3, 0.4) is 0 Å². The molecule has 64 valence electrons. The summed E-state index contributed by atoms with van der Waals surface area (Å²) in [5.74, 6) is -0.259. The maximum Gasteiger partial charge on any atom is 0.337 e. The molecule has 0 N–H and O–H groups in total. The van der Waals surface area contributed by atoms with Crippen LogP contribution < -0.4 is 0 Å². The second kappa shape index (κ2) is 2.48. The summed E-state index contributed by atoms with van der Waals surface area (Å²) in [6, 6.07) is 0. The first kappa shape index (κ1) is 8.53. The smallest absolute Gasteiger partial charge is 0.337 e. The summed E-state index contributed by atoms with van der Waals surface area (Å²) in [5.41, 5.74) is -0.125. The van der Waals surface area contributed by atoms with Gasteiger partial charge in [-0.15, -0.1) is 0 Å². The summed E-state index contributed by atoms with van der Waals surface area (Å²) in [4.78, 5) is 10.9. The maximum absolute atomic E-state index is 10.9. The minimum atomic E-state index is -0.403. The van der Waals surface area contributed by atoms with E-state index in [0.29, 0.717) is 0 Å². The van der Waals surface area contributed by atoms with E-state index in [0.717, 1.165) is 0 Å². The van der Waals surface area contributed by atoms with Crippen molar-refractivity contribution in [2.45, 2.75) is 40.1 Å². The van der Waals surface area contributed by atoms with Gasteiger partial charge in [0.15, 0.2) is 6.10 Å². The summed E-state index contributed by atoms with van der Waals surface area (Å²) < 4.78 is 10.2. The molecule has 0 unspecified atom stereocenters. The van der Waals surface area contributed by atoms with Crippen LogP contribution in [0.2, 0.25) is 0 Å². The molecule has 1 aliphatic heterocycles. The number of esters is 1. The highest BCUT2D eigenvalue weighted by atomic mass is 16.8. The Morgan fingerprint density at radius 3 is 2.09 bits per heavy atom. The van der Waals surface area contributed by atoms with Crippen molar-refractivity contribution in [1.82, 2.24) is 0 Å². The van der Waals surface area contributed by atoms with Crippen LogP contribution in [0.15, 0.2) is 0 Å². The number of cyclic esters (lactones) is 1. The highest BCUT2D eigenvalue weighted by Gasteiger charge is 2.39. The van der Waals surface area contributed by atoms with E-state index in [1.54, 1.807) is 6.92 Å². The molecule has 0 saturated carbocycles. The normalized spacial score (nSPS) is 32.2. The van der Waals surface area contributed by atoms with Gasteiger partial charge >= 0.3 is 5.97 Å². The standard InChI is InChI=1S/C8H14O3/c1-5-6(9)11-7(10-5)8(2,3)4/h5,7H,1-4H3/t5-,7+/m0/s1. The third-order valence-electron chi connectivity index (χ3n) is 1.59. The highest BCUT2D eigenvalue weighted by Crippen LogP contribution is 2.28. The first-order valence-electron chi connectivity index (χ1n) is 3.77. The van der Waals surface area contributed by atoms with Crippen LogP contribution in [0.4, 0.5) is 0 Å². The van der Waals surface area contributed by atoms with Gasteiger partial charge in [-0.25, -0.2) is 4.79 Å². The average Bonchev–Trinajstić information content (AvgIpc) is 2.11. The molecule has 0 bridgehead atoms. The fourth-order valence-corrected chi connectivity index (χ4v) is 0.851. The van der Waals surface area contributed by atoms with E-state index in [1.165, 1.54) is 0 Å². The van der Waals surface area contributed by atoms with E-state index in [1.807, 2.05) is 20.8 Å². The molecule has 0 aromatic rings. The number of carbonyl (C=O) groups is 1. The van der Waals surface area contributed by atoms with Crippen molar-refractivity contribution in [3.05, 3.63) is 0 Å². The van der Waals surface area contributed by atoms with Gasteiger partial charge in [-0.3, -0.25) is 0 Å². The molecule has 2 atom stereocenters. The quantitative estimate of drug-likeness (QED) is 0.499. The Kier molecular flexibility index (Phi) is 1.92. The van der Waals surface area contributed by atoms with E-state index in [-0.39, 0.29) is 17.7 Å². The molecule has 1 fully saturated rings. The fourth-order valence-electron chi connectivity index (χ4n) is 0.851. The predicted octanol–water partition coefficient (Wildman–Crippen LogP) is 1.32. The number of hydrogen-bond acceptors (Lipinski definition) is 3. The summed E-state index contributed by atoms with van der Waals surface area (Å²) in [5, 5.41) is 0. The Balaban J connectivity index is 2.61. The monoisotopic (exact) mass is 158 g/mol. The molecule has 0 aromatic carbocycles. The average molecular weight is 158 g/mol. The van der Waals surface area contributed by atoms with Crippen molar-refractivity contribution < 1.29 is 14.3 Å². The lowest BCUT2D eigenvalue weighted by Gasteiger charge is -2.23. The molecule has 0 amide bonds. The fraction of sp³-hybridized carbons (Fsp3) is 0.875. The lowest BCUT2D eigenvalue weighted by molar-refractivity contribution is -0.154. The van der Waals surface area contributed by atoms with E-state index >= 15 is 0 Å². The predicted molar refractivity (Wildman–Crippen MR) is 39.9 cm³/mol. The minimum Gasteiger partial charge on any atom is -0.433 e. The Morgan fingerprint density at radius 1 is 1.36 bits per heavy atom. The van der Waals surface area contributed by atoms with Gasteiger partial charge in [-0.05, 0) is 6.92 Å². The van der Waals surface area contributed by atoms with Gasteiger partial charge in [-0.2, -0.15) is 0 Å².